The Kier molecular flexibility index (Phi) is 4.66. The second-order valence-corrected chi connectivity index (χ2v) is 5.73. The van der Waals surface area contributed by atoms with Gasteiger partial charge in [-0.3, -0.25) is 4.72 Å². The molecule has 9 heteroatoms. The molecule has 118 valence electrons. The molecule has 1 aromatic carbocycles. The second kappa shape index (κ2) is 6.48. The number of hydrogen-bond donors (Lipinski definition) is 1. The molecule has 2 aromatic rings. The Labute approximate surface area is 128 Å². The average Bonchev–Trinajstić information content (AvgIpc) is 2.54. The Hall–Kier alpha value is -2.55. The van der Waals surface area contributed by atoms with E-state index in [1.54, 1.807) is 6.07 Å². The highest BCUT2D eigenvalue weighted by molar-refractivity contribution is 7.92. The minimum atomic E-state index is -3.88. The minimum Gasteiger partial charge on any atom is -0.497 e. The van der Waals surface area contributed by atoms with E-state index < -0.39 is 10.0 Å². The van der Waals surface area contributed by atoms with Gasteiger partial charge < -0.3 is 14.2 Å². The highest BCUT2D eigenvalue weighted by atomic mass is 32.2. The van der Waals surface area contributed by atoms with Gasteiger partial charge in [-0.1, -0.05) is 0 Å². The third kappa shape index (κ3) is 3.37. The Balaban J connectivity index is 2.36. The van der Waals surface area contributed by atoms with E-state index in [1.807, 2.05) is 0 Å². The standard InChI is InChI=1S/C13H15N3O5S/c1-19-10-4-5-11(20-2)12(6-10)22(17,18)16-9-7-14-13(21-3)15-8-9/h4-8,16H,1-3H3. The molecular formula is C13H15N3O5S. The fourth-order valence-corrected chi connectivity index (χ4v) is 2.89. The van der Waals surface area contributed by atoms with Crippen LogP contribution in [0.2, 0.25) is 0 Å². The van der Waals surface area contributed by atoms with Crippen LogP contribution in [0.4, 0.5) is 5.69 Å². The summed E-state index contributed by atoms with van der Waals surface area (Å²) in [5.74, 6) is 0.592. The van der Waals surface area contributed by atoms with E-state index in [0.717, 1.165) is 0 Å². The third-order valence-electron chi connectivity index (χ3n) is 2.72. The molecule has 0 radical (unpaired) electrons. The largest absolute Gasteiger partial charge is 0.497 e. The summed E-state index contributed by atoms with van der Waals surface area (Å²) in [5.41, 5.74) is 0.200. The number of hydrogen-bond acceptors (Lipinski definition) is 7. The number of rotatable bonds is 6. The van der Waals surface area contributed by atoms with Gasteiger partial charge in [0.15, 0.2) is 0 Å². The van der Waals surface area contributed by atoms with E-state index in [4.69, 9.17) is 14.2 Å². The monoisotopic (exact) mass is 325 g/mol. The Morgan fingerprint density at radius 2 is 1.68 bits per heavy atom. The van der Waals surface area contributed by atoms with Crippen molar-refractivity contribution in [3.63, 3.8) is 0 Å². The van der Waals surface area contributed by atoms with Crippen LogP contribution in [-0.4, -0.2) is 39.7 Å². The predicted molar refractivity (Wildman–Crippen MR) is 78.9 cm³/mol. The van der Waals surface area contributed by atoms with Crippen LogP contribution in [0.15, 0.2) is 35.5 Å². The van der Waals surface area contributed by atoms with E-state index in [1.165, 1.54) is 45.9 Å². The summed E-state index contributed by atoms with van der Waals surface area (Å²) in [5, 5.41) is 0. The predicted octanol–water partition coefficient (Wildman–Crippen LogP) is 1.30. The fraction of sp³-hybridized carbons (Fsp3) is 0.231. The lowest BCUT2D eigenvalue weighted by Crippen LogP contribution is -2.14. The quantitative estimate of drug-likeness (QED) is 0.854. The first-order valence-electron chi connectivity index (χ1n) is 6.11. The highest BCUT2D eigenvalue weighted by Gasteiger charge is 2.21. The number of benzene rings is 1. The molecule has 0 saturated heterocycles. The number of nitrogens with one attached hydrogen (secondary N) is 1. The fourth-order valence-electron chi connectivity index (χ4n) is 1.68. The normalized spacial score (nSPS) is 10.9. The van der Waals surface area contributed by atoms with Crippen LogP contribution in [0, 0.1) is 0 Å². The summed E-state index contributed by atoms with van der Waals surface area (Å²) in [6, 6.07) is 4.62. The van der Waals surface area contributed by atoms with Crippen molar-refractivity contribution in [2.24, 2.45) is 0 Å². The van der Waals surface area contributed by atoms with Crippen LogP contribution in [0.1, 0.15) is 0 Å². The van der Waals surface area contributed by atoms with Crippen molar-refractivity contribution in [3.8, 4) is 17.5 Å². The first-order valence-corrected chi connectivity index (χ1v) is 7.59. The molecule has 0 atom stereocenters. The lowest BCUT2D eigenvalue weighted by molar-refractivity contribution is 0.380. The zero-order valence-corrected chi connectivity index (χ0v) is 13.0. The molecule has 0 bridgehead atoms. The first kappa shape index (κ1) is 15.8. The maximum atomic E-state index is 12.5. The van der Waals surface area contributed by atoms with Crippen molar-refractivity contribution in [2.75, 3.05) is 26.1 Å². The Morgan fingerprint density at radius 1 is 1.00 bits per heavy atom. The molecule has 0 unspecified atom stereocenters. The Bertz CT molecular complexity index is 747. The van der Waals surface area contributed by atoms with Crippen molar-refractivity contribution >= 4 is 15.7 Å². The van der Waals surface area contributed by atoms with Gasteiger partial charge in [0.1, 0.15) is 16.4 Å². The van der Waals surface area contributed by atoms with Crippen molar-refractivity contribution in [3.05, 3.63) is 30.6 Å². The molecule has 0 aliphatic carbocycles. The number of nitrogens with zero attached hydrogens (tertiary/aromatic N) is 2. The zero-order chi connectivity index (χ0) is 16.2. The number of methoxy groups -OCH3 is 3. The molecule has 2 rings (SSSR count). The van der Waals surface area contributed by atoms with Crippen LogP contribution in [0.25, 0.3) is 0 Å². The lowest BCUT2D eigenvalue weighted by atomic mass is 10.3. The third-order valence-corrected chi connectivity index (χ3v) is 4.13. The number of sulfonamides is 1. The van der Waals surface area contributed by atoms with Gasteiger partial charge in [-0.25, -0.2) is 18.4 Å². The van der Waals surface area contributed by atoms with Gasteiger partial charge in [-0.15, -0.1) is 0 Å². The van der Waals surface area contributed by atoms with Crippen molar-refractivity contribution in [1.82, 2.24) is 9.97 Å². The van der Waals surface area contributed by atoms with Gasteiger partial charge in [-0.05, 0) is 12.1 Å². The van der Waals surface area contributed by atoms with E-state index >= 15 is 0 Å². The molecule has 0 spiro atoms. The van der Waals surface area contributed by atoms with Crippen LogP contribution in [-0.2, 0) is 10.0 Å². The summed E-state index contributed by atoms with van der Waals surface area (Å²) < 4.78 is 42.2. The zero-order valence-electron chi connectivity index (χ0n) is 12.2. The van der Waals surface area contributed by atoms with Crippen molar-refractivity contribution < 1.29 is 22.6 Å². The molecule has 0 fully saturated rings. The van der Waals surface area contributed by atoms with Crippen molar-refractivity contribution in [1.29, 1.82) is 0 Å². The first-order chi connectivity index (χ1) is 10.5. The van der Waals surface area contributed by atoms with E-state index in [9.17, 15) is 8.42 Å². The summed E-state index contributed by atoms with van der Waals surface area (Å²) in [6.07, 6.45) is 2.60. The molecule has 0 saturated carbocycles. The van der Waals surface area contributed by atoms with Gasteiger partial charge in [0.05, 0.1) is 39.4 Å². The van der Waals surface area contributed by atoms with Gasteiger partial charge in [0.25, 0.3) is 10.0 Å². The number of aromatic nitrogens is 2. The molecule has 8 nitrogen and oxygen atoms in total. The van der Waals surface area contributed by atoms with Gasteiger partial charge in [0.2, 0.25) is 0 Å². The molecule has 0 aliphatic rings. The summed E-state index contributed by atoms with van der Waals surface area (Å²) >= 11 is 0. The highest BCUT2D eigenvalue weighted by Crippen LogP contribution is 2.29. The van der Waals surface area contributed by atoms with E-state index in [2.05, 4.69) is 14.7 Å². The molecule has 1 aromatic heterocycles. The molecular weight excluding hydrogens is 310 g/mol. The maximum Gasteiger partial charge on any atom is 0.316 e. The Morgan fingerprint density at radius 3 is 2.23 bits per heavy atom. The second-order valence-electron chi connectivity index (χ2n) is 4.08. The number of ether oxygens (including phenoxy) is 3. The molecule has 0 aliphatic heterocycles. The summed E-state index contributed by atoms with van der Waals surface area (Å²) in [4.78, 5) is 7.62. The molecule has 0 amide bonds. The molecule has 1 heterocycles. The van der Waals surface area contributed by atoms with Crippen LogP contribution >= 0.6 is 0 Å². The smallest absolute Gasteiger partial charge is 0.316 e. The molecule has 22 heavy (non-hydrogen) atoms. The van der Waals surface area contributed by atoms with Crippen LogP contribution in [0.5, 0.6) is 17.5 Å². The van der Waals surface area contributed by atoms with Crippen LogP contribution in [0.3, 0.4) is 0 Å². The topological polar surface area (TPSA) is 99.6 Å². The SMILES string of the molecule is COc1ccc(OC)c(S(=O)(=O)Nc2cnc(OC)nc2)c1. The summed E-state index contributed by atoms with van der Waals surface area (Å²) in [6.45, 7) is 0. The maximum absolute atomic E-state index is 12.5. The lowest BCUT2D eigenvalue weighted by Gasteiger charge is -2.12. The van der Waals surface area contributed by atoms with Crippen LogP contribution < -0.4 is 18.9 Å². The van der Waals surface area contributed by atoms with Crippen molar-refractivity contribution in [2.45, 2.75) is 4.90 Å². The van der Waals surface area contributed by atoms with Gasteiger partial charge in [-0.2, -0.15) is 0 Å². The van der Waals surface area contributed by atoms with E-state index in [0.29, 0.717) is 5.75 Å². The average molecular weight is 325 g/mol. The van der Waals surface area contributed by atoms with Gasteiger partial charge >= 0.3 is 6.01 Å². The summed E-state index contributed by atoms with van der Waals surface area (Å²) in [7, 11) is 0.366. The number of anilines is 1. The molecule has 1 N–H and O–H groups in total. The van der Waals surface area contributed by atoms with E-state index in [-0.39, 0.29) is 22.3 Å². The minimum absolute atomic E-state index is 0.0508. The van der Waals surface area contributed by atoms with Gasteiger partial charge in [0, 0.05) is 6.07 Å².